The number of benzene rings is 2. The third-order valence-corrected chi connectivity index (χ3v) is 6.25. The van der Waals surface area contributed by atoms with E-state index in [1.807, 2.05) is 26.1 Å². The van der Waals surface area contributed by atoms with E-state index in [1.54, 1.807) is 26.2 Å². The Morgan fingerprint density at radius 1 is 1.08 bits per heavy atom. The number of nitrogen functional groups attached to an aromatic ring is 1. The number of hydrogen-bond donors (Lipinski definition) is 1. The molecule has 36 heavy (non-hydrogen) atoms. The van der Waals surface area contributed by atoms with E-state index in [9.17, 15) is 4.39 Å². The molecule has 0 bridgehead atoms. The van der Waals surface area contributed by atoms with Crippen molar-refractivity contribution < 1.29 is 18.6 Å². The summed E-state index contributed by atoms with van der Waals surface area (Å²) in [5.74, 6) is 2.04. The second kappa shape index (κ2) is 14.0. The van der Waals surface area contributed by atoms with Crippen molar-refractivity contribution in [3.8, 4) is 11.5 Å². The summed E-state index contributed by atoms with van der Waals surface area (Å²) in [7, 11) is 1.70. The summed E-state index contributed by atoms with van der Waals surface area (Å²) in [4.78, 5) is 6.96. The van der Waals surface area contributed by atoms with Gasteiger partial charge in [0.05, 0.1) is 32.4 Å². The highest BCUT2D eigenvalue weighted by Gasteiger charge is 2.26. The number of aromatic nitrogens is 1. The van der Waals surface area contributed by atoms with E-state index in [0.29, 0.717) is 23.8 Å². The van der Waals surface area contributed by atoms with Crippen LogP contribution in [0.3, 0.4) is 0 Å². The minimum absolute atomic E-state index is 0.241. The van der Waals surface area contributed by atoms with Crippen LogP contribution in [-0.4, -0.2) is 56.4 Å². The first-order valence-electron chi connectivity index (χ1n) is 13.0. The van der Waals surface area contributed by atoms with Gasteiger partial charge in [0.15, 0.2) is 11.5 Å². The van der Waals surface area contributed by atoms with Crippen LogP contribution in [0.2, 0.25) is 0 Å². The molecular formula is C29H40FN3O3. The number of nitrogens with zero attached hydrogens (tertiary/aromatic N) is 2. The first-order chi connectivity index (χ1) is 17.5. The molecule has 1 aromatic heterocycles. The molecule has 0 radical (unpaired) electrons. The van der Waals surface area contributed by atoms with Crippen molar-refractivity contribution in [1.82, 2.24) is 9.88 Å². The molecule has 196 valence electrons. The molecular weight excluding hydrogens is 457 g/mol. The lowest BCUT2D eigenvalue weighted by Crippen LogP contribution is -2.37. The summed E-state index contributed by atoms with van der Waals surface area (Å²) < 4.78 is 29.5. The predicted molar refractivity (Wildman–Crippen MR) is 145 cm³/mol. The summed E-state index contributed by atoms with van der Waals surface area (Å²) in [6, 6.07) is 10.9. The summed E-state index contributed by atoms with van der Waals surface area (Å²) in [6.07, 6.45) is 5.46. The normalized spacial score (nSPS) is 15.4. The predicted octanol–water partition coefficient (Wildman–Crippen LogP) is 5.96. The molecule has 3 aromatic rings. The van der Waals surface area contributed by atoms with Gasteiger partial charge in [-0.3, -0.25) is 9.88 Å². The first-order valence-corrected chi connectivity index (χ1v) is 13.0. The molecule has 2 aromatic carbocycles. The molecule has 2 heterocycles. The van der Waals surface area contributed by atoms with E-state index in [2.05, 4.69) is 22.0 Å². The number of halogens is 1. The second-order valence-electron chi connectivity index (χ2n) is 8.86. The highest BCUT2D eigenvalue weighted by atomic mass is 19.1. The lowest BCUT2D eigenvalue weighted by atomic mass is 10.0. The number of rotatable bonds is 7. The third kappa shape index (κ3) is 7.80. The largest absolute Gasteiger partial charge is 0.493 e. The molecule has 7 heteroatoms. The van der Waals surface area contributed by atoms with E-state index < -0.39 is 0 Å². The number of fused-ring (bicyclic) bond motifs is 1. The van der Waals surface area contributed by atoms with Crippen LogP contribution in [0.15, 0.2) is 42.6 Å². The number of aryl methyl sites for hydroxylation is 1. The smallest absolute Gasteiger partial charge is 0.163 e. The SMILES string of the molecule is CC.COc1cc2c(C3CC3)ccnc2cc1OCCCN1CCOCC1.Cc1ccc(N)cc1F. The van der Waals surface area contributed by atoms with Gasteiger partial charge in [-0.1, -0.05) is 19.9 Å². The van der Waals surface area contributed by atoms with Gasteiger partial charge in [0.2, 0.25) is 0 Å². The summed E-state index contributed by atoms with van der Waals surface area (Å²) in [5.41, 5.74) is 8.77. The highest BCUT2D eigenvalue weighted by molar-refractivity contribution is 5.86. The van der Waals surface area contributed by atoms with Crippen molar-refractivity contribution in [1.29, 1.82) is 0 Å². The molecule has 2 fully saturated rings. The van der Waals surface area contributed by atoms with Crippen LogP contribution in [0.25, 0.3) is 10.9 Å². The molecule has 1 aliphatic carbocycles. The average Bonchev–Trinajstić information content (AvgIpc) is 3.76. The highest BCUT2D eigenvalue weighted by Crippen LogP contribution is 2.44. The van der Waals surface area contributed by atoms with Crippen molar-refractivity contribution >= 4 is 16.6 Å². The van der Waals surface area contributed by atoms with Crippen molar-refractivity contribution in [2.24, 2.45) is 0 Å². The maximum atomic E-state index is 12.5. The summed E-state index contributed by atoms with van der Waals surface area (Å²) in [6.45, 7) is 11.2. The third-order valence-electron chi connectivity index (χ3n) is 6.25. The molecule has 1 saturated carbocycles. The number of ether oxygens (including phenoxy) is 3. The Hall–Kier alpha value is -2.90. The number of pyridine rings is 1. The standard InChI is InChI=1S/C20H26N2O3.C7H8FN.C2H6/c1-23-19-13-17-16(15-3-4-15)5-6-21-18(17)14-20(19)25-10-2-7-22-8-11-24-12-9-22;1-5-2-3-6(9)4-7(5)8;1-2/h5-6,13-15H,2-4,7-12H2,1H3;2-4H,9H2,1H3;1-2H3. The van der Waals surface area contributed by atoms with Crippen LogP contribution >= 0.6 is 0 Å². The van der Waals surface area contributed by atoms with Gasteiger partial charge in [-0.2, -0.15) is 0 Å². The molecule has 5 rings (SSSR count). The molecule has 6 nitrogen and oxygen atoms in total. The first kappa shape index (κ1) is 27.7. The Bertz CT molecular complexity index is 1100. The molecule has 0 spiro atoms. The minimum Gasteiger partial charge on any atom is -0.493 e. The fourth-order valence-corrected chi connectivity index (χ4v) is 4.10. The van der Waals surface area contributed by atoms with E-state index in [0.717, 1.165) is 56.3 Å². The number of morpholine rings is 1. The minimum atomic E-state index is -0.241. The quantitative estimate of drug-likeness (QED) is 0.321. The number of anilines is 1. The Kier molecular flexibility index (Phi) is 10.8. The van der Waals surface area contributed by atoms with Gasteiger partial charge in [-0.05, 0) is 67.5 Å². The molecule has 2 aliphatic rings. The van der Waals surface area contributed by atoms with E-state index in [4.69, 9.17) is 19.9 Å². The van der Waals surface area contributed by atoms with Crippen LogP contribution in [0.4, 0.5) is 10.1 Å². The topological polar surface area (TPSA) is 69.8 Å². The van der Waals surface area contributed by atoms with Crippen LogP contribution in [-0.2, 0) is 4.74 Å². The fraction of sp³-hybridized carbons (Fsp3) is 0.483. The molecule has 1 aliphatic heterocycles. The zero-order chi connectivity index (χ0) is 25.9. The van der Waals surface area contributed by atoms with Crippen LogP contribution in [0, 0.1) is 12.7 Å². The maximum Gasteiger partial charge on any atom is 0.163 e. The molecule has 1 saturated heterocycles. The van der Waals surface area contributed by atoms with Gasteiger partial charge >= 0.3 is 0 Å². The Labute approximate surface area is 214 Å². The lowest BCUT2D eigenvalue weighted by molar-refractivity contribution is 0.0357. The fourth-order valence-electron chi connectivity index (χ4n) is 4.10. The van der Waals surface area contributed by atoms with Crippen molar-refractivity contribution in [2.45, 2.75) is 46.0 Å². The Balaban J connectivity index is 0.000000276. The molecule has 0 atom stereocenters. The van der Waals surface area contributed by atoms with Crippen molar-refractivity contribution in [3.63, 3.8) is 0 Å². The number of methoxy groups -OCH3 is 1. The summed E-state index contributed by atoms with van der Waals surface area (Å²) in [5, 5.41) is 1.20. The monoisotopic (exact) mass is 497 g/mol. The van der Waals surface area contributed by atoms with Gasteiger partial charge in [0.1, 0.15) is 5.82 Å². The van der Waals surface area contributed by atoms with Gasteiger partial charge < -0.3 is 19.9 Å². The van der Waals surface area contributed by atoms with E-state index in [-0.39, 0.29) is 5.82 Å². The van der Waals surface area contributed by atoms with Crippen LogP contribution in [0.1, 0.15) is 50.2 Å². The number of nitrogens with two attached hydrogens (primary N) is 1. The molecule has 2 N–H and O–H groups in total. The van der Waals surface area contributed by atoms with Gasteiger partial charge in [-0.15, -0.1) is 0 Å². The van der Waals surface area contributed by atoms with Crippen LogP contribution in [0.5, 0.6) is 11.5 Å². The van der Waals surface area contributed by atoms with Gasteiger partial charge in [0.25, 0.3) is 0 Å². The van der Waals surface area contributed by atoms with E-state index in [1.165, 1.54) is 29.9 Å². The zero-order valence-electron chi connectivity index (χ0n) is 22.1. The number of hydrogen-bond acceptors (Lipinski definition) is 6. The van der Waals surface area contributed by atoms with Crippen molar-refractivity contribution in [3.05, 3.63) is 59.5 Å². The lowest BCUT2D eigenvalue weighted by Gasteiger charge is -2.26. The molecule has 0 unspecified atom stereocenters. The van der Waals surface area contributed by atoms with Gasteiger partial charge in [0, 0.05) is 43.0 Å². The van der Waals surface area contributed by atoms with Crippen LogP contribution < -0.4 is 15.2 Å². The summed E-state index contributed by atoms with van der Waals surface area (Å²) >= 11 is 0. The van der Waals surface area contributed by atoms with Crippen molar-refractivity contribution in [2.75, 3.05) is 52.3 Å². The maximum absolute atomic E-state index is 12.5. The Morgan fingerprint density at radius 3 is 2.47 bits per heavy atom. The molecule has 0 amide bonds. The average molecular weight is 498 g/mol. The Morgan fingerprint density at radius 2 is 1.83 bits per heavy atom. The van der Waals surface area contributed by atoms with Gasteiger partial charge in [-0.25, -0.2) is 4.39 Å². The zero-order valence-corrected chi connectivity index (χ0v) is 22.1. The second-order valence-corrected chi connectivity index (χ2v) is 8.86. The van der Waals surface area contributed by atoms with E-state index >= 15 is 0 Å².